The molecule has 26 heavy (non-hydrogen) atoms. The summed E-state index contributed by atoms with van der Waals surface area (Å²) in [5, 5.41) is 0. The lowest BCUT2D eigenvalue weighted by Crippen LogP contribution is -2.67. The molecule has 0 spiro atoms. The van der Waals surface area contributed by atoms with Gasteiger partial charge in [0.1, 0.15) is 5.41 Å². The molecule has 0 aliphatic heterocycles. The number of halogens is 8. The highest BCUT2D eigenvalue weighted by molar-refractivity contribution is 5.90. The van der Waals surface area contributed by atoms with Crippen molar-refractivity contribution in [2.75, 3.05) is 0 Å². The topological polar surface area (TPSA) is 43.4 Å². The van der Waals surface area contributed by atoms with Gasteiger partial charge >= 0.3 is 30.0 Å². The van der Waals surface area contributed by atoms with Gasteiger partial charge in [0, 0.05) is 6.42 Å². The fourth-order valence-corrected chi connectivity index (χ4v) is 1.89. The molecular formula is C15H20F8O3. The normalized spacial score (nSPS) is 16.2. The smallest absolute Gasteiger partial charge is 0.389 e. The molecule has 0 aromatic heterocycles. The maximum absolute atomic E-state index is 14.3. The second-order valence-corrected chi connectivity index (χ2v) is 6.49. The summed E-state index contributed by atoms with van der Waals surface area (Å²) in [5.41, 5.74) is -9.52. The van der Waals surface area contributed by atoms with Crippen LogP contribution in [0, 0.1) is 5.41 Å². The molecule has 0 aromatic rings. The first-order valence-electron chi connectivity index (χ1n) is 7.64. The number of rotatable bonds is 8. The Labute approximate surface area is 145 Å². The predicted molar refractivity (Wildman–Crippen MR) is 74.5 cm³/mol. The third kappa shape index (κ3) is 4.28. The number of hydrogen-bond acceptors (Lipinski definition) is 3. The van der Waals surface area contributed by atoms with Crippen molar-refractivity contribution < 1.29 is 49.4 Å². The van der Waals surface area contributed by atoms with Gasteiger partial charge in [-0.05, 0) is 27.2 Å². The molecule has 0 bridgehead atoms. The molecule has 0 saturated heterocycles. The van der Waals surface area contributed by atoms with E-state index in [0.717, 1.165) is 0 Å². The molecule has 0 rings (SSSR count). The first kappa shape index (κ1) is 24.6. The van der Waals surface area contributed by atoms with Crippen LogP contribution in [0.5, 0.6) is 0 Å². The lowest BCUT2D eigenvalue weighted by Gasteiger charge is -2.43. The van der Waals surface area contributed by atoms with Gasteiger partial charge in [0.15, 0.2) is 0 Å². The molecular weight excluding hydrogens is 380 g/mol. The first-order chi connectivity index (χ1) is 11.4. The van der Waals surface area contributed by atoms with Crippen LogP contribution in [0.2, 0.25) is 0 Å². The average Bonchev–Trinajstić information content (AvgIpc) is 2.45. The molecule has 0 fully saturated rings. The molecule has 0 N–H and O–H groups in total. The van der Waals surface area contributed by atoms with E-state index in [0.29, 0.717) is 12.8 Å². The summed E-state index contributed by atoms with van der Waals surface area (Å²) in [5.74, 6) is -15.9. The molecule has 154 valence electrons. The Hall–Kier alpha value is -1.42. The monoisotopic (exact) mass is 400 g/mol. The predicted octanol–water partition coefficient (Wildman–Crippen LogP) is 5.22. The molecule has 3 nitrogen and oxygen atoms in total. The minimum Gasteiger partial charge on any atom is -0.389 e. The summed E-state index contributed by atoms with van der Waals surface area (Å²) in [6.45, 7) is 0.844. The highest BCUT2D eigenvalue weighted by atomic mass is 19.4. The van der Waals surface area contributed by atoms with Crippen LogP contribution in [-0.4, -0.2) is 35.6 Å². The van der Waals surface area contributed by atoms with E-state index in [2.05, 4.69) is 4.74 Å². The van der Waals surface area contributed by atoms with Crippen molar-refractivity contribution in [1.29, 1.82) is 0 Å². The third-order valence-electron chi connectivity index (χ3n) is 4.12. The Morgan fingerprint density at radius 1 is 0.846 bits per heavy atom. The number of carbonyl (C=O) groups excluding carboxylic acids is 2. The van der Waals surface area contributed by atoms with E-state index in [9.17, 15) is 44.7 Å². The van der Waals surface area contributed by atoms with Gasteiger partial charge in [0.2, 0.25) is 5.67 Å². The van der Waals surface area contributed by atoms with Gasteiger partial charge in [-0.1, -0.05) is 19.8 Å². The number of carbonyl (C=O) groups is 2. The summed E-state index contributed by atoms with van der Waals surface area (Å²) < 4.78 is 112. The number of alkyl halides is 8. The van der Waals surface area contributed by atoms with Crippen LogP contribution in [-0.2, 0) is 14.3 Å². The molecule has 0 radical (unpaired) electrons. The maximum atomic E-state index is 14.3. The van der Waals surface area contributed by atoms with Crippen molar-refractivity contribution in [2.24, 2.45) is 5.41 Å². The number of hydrogen-bond donors (Lipinski definition) is 0. The van der Waals surface area contributed by atoms with Gasteiger partial charge in [-0.25, -0.2) is 18.0 Å². The van der Waals surface area contributed by atoms with Crippen LogP contribution in [0.15, 0.2) is 0 Å². The van der Waals surface area contributed by atoms with E-state index in [1.54, 1.807) is 6.92 Å². The van der Waals surface area contributed by atoms with E-state index >= 15 is 0 Å². The molecule has 0 heterocycles. The Balaban J connectivity index is 5.60. The van der Waals surface area contributed by atoms with E-state index < -0.39 is 54.4 Å². The van der Waals surface area contributed by atoms with E-state index in [1.807, 2.05) is 0 Å². The zero-order valence-corrected chi connectivity index (χ0v) is 14.6. The first-order valence-corrected chi connectivity index (χ1v) is 7.64. The molecule has 11 heteroatoms. The highest BCUT2D eigenvalue weighted by Gasteiger charge is 2.79. The minimum absolute atomic E-state index is 0.137. The van der Waals surface area contributed by atoms with Crippen molar-refractivity contribution in [1.82, 2.24) is 0 Å². The summed E-state index contributed by atoms with van der Waals surface area (Å²) in [7, 11) is 0. The summed E-state index contributed by atoms with van der Waals surface area (Å²) in [6.07, 6.45) is -5.04. The molecule has 0 saturated carbocycles. The van der Waals surface area contributed by atoms with Crippen molar-refractivity contribution in [2.45, 2.75) is 77.1 Å². The van der Waals surface area contributed by atoms with Gasteiger partial charge in [-0.15, -0.1) is 0 Å². The van der Waals surface area contributed by atoms with Crippen molar-refractivity contribution in [3.63, 3.8) is 0 Å². The molecule has 0 aliphatic rings. The van der Waals surface area contributed by atoms with Crippen molar-refractivity contribution in [3.05, 3.63) is 0 Å². The number of esters is 2. The van der Waals surface area contributed by atoms with E-state index in [4.69, 9.17) is 0 Å². The van der Waals surface area contributed by atoms with Crippen LogP contribution < -0.4 is 0 Å². The lowest BCUT2D eigenvalue weighted by atomic mass is 9.74. The van der Waals surface area contributed by atoms with Crippen LogP contribution in [0.1, 0.15) is 53.4 Å². The largest absolute Gasteiger partial charge is 0.399 e. The molecule has 0 aliphatic carbocycles. The molecule has 1 atom stereocenters. The van der Waals surface area contributed by atoms with E-state index in [1.165, 1.54) is 0 Å². The van der Waals surface area contributed by atoms with Gasteiger partial charge in [0.05, 0.1) is 0 Å². The zero-order chi connectivity index (χ0) is 21.2. The minimum atomic E-state index is -5.76. The molecule has 0 amide bonds. The Morgan fingerprint density at radius 2 is 1.31 bits per heavy atom. The molecule has 1 unspecified atom stereocenters. The van der Waals surface area contributed by atoms with Crippen molar-refractivity contribution in [3.8, 4) is 0 Å². The van der Waals surface area contributed by atoms with Gasteiger partial charge < -0.3 is 4.74 Å². The third-order valence-corrected chi connectivity index (χ3v) is 4.12. The summed E-state index contributed by atoms with van der Waals surface area (Å²) in [4.78, 5) is 22.6. The zero-order valence-electron chi connectivity index (χ0n) is 14.6. The average molecular weight is 400 g/mol. The Bertz CT molecular complexity index is 523. The number of unbranched alkanes of at least 4 members (excludes halogenated alkanes) is 2. The van der Waals surface area contributed by atoms with Crippen LogP contribution >= 0.6 is 0 Å². The van der Waals surface area contributed by atoms with Crippen LogP contribution in [0.3, 0.4) is 0 Å². The number of ether oxygens (including phenoxy) is 1. The van der Waals surface area contributed by atoms with Gasteiger partial charge in [-0.3, -0.25) is 4.79 Å². The summed E-state index contributed by atoms with van der Waals surface area (Å²) >= 11 is 0. The Kier molecular flexibility index (Phi) is 7.26. The SMILES string of the molecule is CCCCCC(=O)OC(=O)C(F)(F)C(C)(F)C(F)(F)C(C)(C)C(F)(F)F. The Morgan fingerprint density at radius 3 is 1.69 bits per heavy atom. The molecule has 0 aromatic carbocycles. The van der Waals surface area contributed by atoms with Crippen molar-refractivity contribution >= 4 is 11.9 Å². The van der Waals surface area contributed by atoms with Crippen LogP contribution in [0.4, 0.5) is 35.1 Å². The van der Waals surface area contributed by atoms with Gasteiger partial charge in [-0.2, -0.15) is 22.0 Å². The maximum Gasteiger partial charge on any atom is 0.399 e. The quantitative estimate of drug-likeness (QED) is 0.243. The second kappa shape index (κ2) is 7.67. The lowest BCUT2D eigenvalue weighted by molar-refractivity contribution is -0.341. The summed E-state index contributed by atoms with van der Waals surface area (Å²) in [6, 6.07) is 0. The fourth-order valence-electron chi connectivity index (χ4n) is 1.89. The van der Waals surface area contributed by atoms with E-state index in [-0.39, 0.29) is 20.3 Å². The highest BCUT2D eigenvalue weighted by Crippen LogP contribution is 2.58. The second-order valence-electron chi connectivity index (χ2n) is 6.49. The van der Waals surface area contributed by atoms with Crippen LogP contribution in [0.25, 0.3) is 0 Å². The fraction of sp³-hybridized carbons (Fsp3) is 0.867. The van der Waals surface area contributed by atoms with Gasteiger partial charge in [0.25, 0.3) is 0 Å². The standard InChI is InChI=1S/C15H20F8O3/c1-5-6-7-8-9(24)26-10(25)13(17,18)12(4,16)14(19,20)11(2,3)15(21,22)23/h5-8H2,1-4H3.